The molecular formula is C13H24O4SSi. The van der Waals surface area contributed by atoms with Crippen molar-refractivity contribution in [2.45, 2.75) is 43.9 Å². The van der Waals surface area contributed by atoms with E-state index in [2.05, 4.69) is 19.6 Å². The molecule has 0 aliphatic heterocycles. The van der Waals surface area contributed by atoms with E-state index in [1.165, 1.54) is 18.2 Å². The van der Waals surface area contributed by atoms with Crippen molar-refractivity contribution in [1.29, 1.82) is 0 Å². The van der Waals surface area contributed by atoms with Crippen LogP contribution < -0.4 is 0 Å². The number of hydrogen-bond donors (Lipinski definition) is 2. The van der Waals surface area contributed by atoms with E-state index >= 15 is 0 Å². The van der Waals surface area contributed by atoms with Gasteiger partial charge < -0.3 is 5.11 Å². The molecule has 0 aliphatic carbocycles. The van der Waals surface area contributed by atoms with Crippen molar-refractivity contribution in [2.24, 2.45) is 0 Å². The topological polar surface area (TPSA) is 74.6 Å². The molecule has 0 amide bonds. The van der Waals surface area contributed by atoms with Crippen LogP contribution in [0.1, 0.15) is 12.0 Å². The minimum Gasteiger partial charge on any atom is -0.396 e. The summed E-state index contributed by atoms with van der Waals surface area (Å²) in [4.78, 5) is -0.0666. The number of aliphatic hydroxyl groups is 1. The molecule has 1 aromatic rings. The fourth-order valence-electron chi connectivity index (χ4n) is 1.32. The first kappa shape index (κ1) is 18.3. The molecule has 0 spiro atoms. The smallest absolute Gasteiger partial charge is 0.294 e. The molecule has 0 fully saturated rings. The van der Waals surface area contributed by atoms with Crippen molar-refractivity contribution in [3.05, 3.63) is 29.8 Å². The van der Waals surface area contributed by atoms with Crippen LogP contribution >= 0.6 is 0 Å². The number of aryl methyl sites for hydroxylation is 1. The largest absolute Gasteiger partial charge is 0.396 e. The molecule has 0 radical (unpaired) electrons. The number of aliphatic hydroxyl groups excluding tert-OH is 1. The van der Waals surface area contributed by atoms with E-state index in [9.17, 15) is 8.42 Å². The highest BCUT2D eigenvalue weighted by Gasteiger charge is 2.10. The molecule has 1 rings (SSSR count). The molecule has 2 N–H and O–H groups in total. The lowest BCUT2D eigenvalue weighted by molar-refractivity contribution is 0.294. The van der Waals surface area contributed by atoms with Gasteiger partial charge in [-0.25, -0.2) is 0 Å². The van der Waals surface area contributed by atoms with Crippen molar-refractivity contribution in [1.82, 2.24) is 0 Å². The second-order valence-corrected chi connectivity index (χ2v) is 12.7. The summed E-state index contributed by atoms with van der Waals surface area (Å²) < 4.78 is 29.6. The van der Waals surface area contributed by atoms with Crippen LogP contribution in [0, 0.1) is 6.92 Å². The van der Waals surface area contributed by atoms with Gasteiger partial charge in [0.2, 0.25) is 0 Å². The van der Waals surface area contributed by atoms with Gasteiger partial charge >= 0.3 is 0 Å². The van der Waals surface area contributed by atoms with Gasteiger partial charge in [-0.05, 0) is 25.5 Å². The van der Waals surface area contributed by atoms with Gasteiger partial charge in [-0.2, -0.15) is 8.42 Å². The lowest BCUT2D eigenvalue weighted by Gasteiger charge is -2.13. The first-order chi connectivity index (χ1) is 8.56. The summed E-state index contributed by atoms with van der Waals surface area (Å²) in [6.45, 7) is 9.17. The molecule has 1 aromatic carbocycles. The van der Waals surface area contributed by atoms with Crippen molar-refractivity contribution in [3.63, 3.8) is 0 Å². The quantitative estimate of drug-likeness (QED) is 0.662. The average molecular weight is 304 g/mol. The van der Waals surface area contributed by atoms with Gasteiger partial charge in [-0.15, -0.1) is 0 Å². The summed E-state index contributed by atoms with van der Waals surface area (Å²) in [6.07, 6.45) is 0.996. The van der Waals surface area contributed by atoms with E-state index in [0.29, 0.717) is 6.61 Å². The Labute approximate surface area is 117 Å². The van der Waals surface area contributed by atoms with E-state index in [1.807, 2.05) is 6.92 Å². The van der Waals surface area contributed by atoms with Crippen LogP contribution in [-0.2, 0) is 10.1 Å². The van der Waals surface area contributed by atoms with Crippen LogP contribution in [0.5, 0.6) is 0 Å². The summed E-state index contributed by atoms with van der Waals surface area (Å²) in [5.41, 5.74) is 0.956. The third-order valence-electron chi connectivity index (χ3n) is 2.40. The first-order valence-corrected chi connectivity index (χ1v) is 11.4. The molecular weight excluding hydrogens is 280 g/mol. The fourth-order valence-corrected chi connectivity index (χ4v) is 3.02. The second kappa shape index (κ2) is 7.79. The predicted octanol–water partition coefficient (Wildman–Crippen LogP) is 2.95. The van der Waals surface area contributed by atoms with Crippen molar-refractivity contribution in [3.8, 4) is 0 Å². The van der Waals surface area contributed by atoms with Crippen molar-refractivity contribution >= 4 is 18.2 Å². The Bertz CT molecular complexity index is 460. The molecule has 0 atom stereocenters. The predicted molar refractivity (Wildman–Crippen MR) is 80.8 cm³/mol. The van der Waals surface area contributed by atoms with Crippen LogP contribution in [0.15, 0.2) is 29.2 Å². The van der Waals surface area contributed by atoms with Crippen LogP contribution in [-0.4, -0.2) is 32.8 Å². The highest BCUT2D eigenvalue weighted by atomic mass is 32.2. The molecule has 0 bridgehead atoms. The molecule has 0 aliphatic rings. The summed E-state index contributed by atoms with van der Waals surface area (Å²) in [5.74, 6) is 0. The SMILES string of the molecule is C[Si](C)(C)CCCO.Cc1ccc(S(=O)(=O)O)cc1. The van der Waals surface area contributed by atoms with E-state index in [1.54, 1.807) is 12.1 Å². The van der Waals surface area contributed by atoms with Gasteiger partial charge in [0.25, 0.3) is 10.1 Å². The van der Waals surface area contributed by atoms with Gasteiger partial charge in [-0.1, -0.05) is 43.4 Å². The molecule has 110 valence electrons. The highest BCUT2D eigenvalue weighted by molar-refractivity contribution is 7.85. The zero-order chi connectivity index (χ0) is 15.1. The first-order valence-electron chi connectivity index (χ1n) is 6.21. The Kier molecular flexibility index (Phi) is 7.51. The zero-order valence-corrected chi connectivity index (χ0v) is 13.9. The van der Waals surface area contributed by atoms with Crippen molar-refractivity contribution in [2.75, 3.05) is 6.61 Å². The molecule has 0 heterocycles. The van der Waals surface area contributed by atoms with E-state index in [-0.39, 0.29) is 4.90 Å². The van der Waals surface area contributed by atoms with E-state index < -0.39 is 18.2 Å². The molecule has 4 nitrogen and oxygen atoms in total. The fraction of sp³-hybridized carbons (Fsp3) is 0.538. The standard InChI is InChI=1S/C7H8O3S.C6H16OSi/c1-6-2-4-7(5-3-6)11(8,9)10;1-8(2,3)6-4-5-7/h2-5H,1H3,(H,8,9,10);7H,4-6H2,1-3H3. The average Bonchev–Trinajstić information content (AvgIpc) is 2.25. The number of benzene rings is 1. The van der Waals surface area contributed by atoms with Gasteiger partial charge in [0.15, 0.2) is 0 Å². The summed E-state index contributed by atoms with van der Waals surface area (Å²) >= 11 is 0. The van der Waals surface area contributed by atoms with E-state index in [4.69, 9.17) is 9.66 Å². The lowest BCUT2D eigenvalue weighted by atomic mass is 10.2. The van der Waals surface area contributed by atoms with Crippen LogP contribution in [0.2, 0.25) is 25.7 Å². The van der Waals surface area contributed by atoms with Gasteiger partial charge in [0, 0.05) is 14.7 Å². The van der Waals surface area contributed by atoms with Gasteiger partial charge in [-0.3, -0.25) is 4.55 Å². The van der Waals surface area contributed by atoms with Crippen LogP contribution in [0.25, 0.3) is 0 Å². The maximum Gasteiger partial charge on any atom is 0.294 e. The Morgan fingerprint density at radius 3 is 1.84 bits per heavy atom. The summed E-state index contributed by atoms with van der Waals surface area (Å²) in [7, 11) is -4.86. The minimum atomic E-state index is -4.02. The highest BCUT2D eigenvalue weighted by Crippen LogP contribution is 2.09. The molecule has 0 saturated carbocycles. The summed E-state index contributed by atoms with van der Waals surface area (Å²) in [6, 6.07) is 7.24. The monoisotopic (exact) mass is 304 g/mol. The third kappa shape index (κ3) is 9.83. The van der Waals surface area contributed by atoms with E-state index in [0.717, 1.165) is 12.0 Å². The van der Waals surface area contributed by atoms with Crippen LogP contribution in [0.3, 0.4) is 0 Å². The Balaban J connectivity index is 0.000000362. The molecule has 0 unspecified atom stereocenters. The second-order valence-electron chi connectivity index (χ2n) is 5.68. The summed E-state index contributed by atoms with van der Waals surface area (Å²) in [5, 5.41) is 8.45. The maximum atomic E-state index is 10.5. The molecule has 0 aromatic heterocycles. The molecule has 0 saturated heterocycles. The Morgan fingerprint density at radius 2 is 1.58 bits per heavy atom. The van der Waals surface area contributed by atoms with Gasteiger partial charge in [0.1, 0.15) is 0 Å². The van der Waals surface area contributed by atoms with Crippen LogP contribution in [0.4, 0.5) is 0 Å². The maximum absolute atomic E-state index is 10.5. The molecule has 6 heteroatoms. The van der Waals surface area contributed by atoms with Crippen molar-refractivity contribution < 1.29 is 18.1 Å². The Morgan fingerprint density at radius 1 is 1.11 bits per heavy atom. The molecule has 19 heavy (non-hydrogen) atoms. The minimum absolute atomic E-state index is 0.0666. The Hall–Kier alpha value is -0.693. The number of hydrogen-bond acceptors (Lipinski definition) is 3. The lowest BCUT2D eigenvalue weighted by Crippen LogP contribution is -2.19. The zero-order valence-electron chi connectivity index (χ0n) is 12.0. The third-order valence-corrected chi connectivity index (χ3v) is 5.13. The van der Waals surface area contributed by atoms with Gasteiger partial charge in [0.05, 0.1) is 4.90 Å². The normalized spacial score (nSPS) is 11.7. The number of rotatable bonds is 4.